The molecule has 0 aliphatic heterocycles. The molecule has 0 spiro atoms. The lowest BCUT2D eigenvalue weighted by molar-refractivity contribution is 0.926. The smallest absolute Gasteiger partial charge is 0.195 e. The zero-order valence-corrected chi connectivity index (χ0v) is 9.94. The Bertz CT molecular complexity index is 537. The minimum Gasteiger partial charge on any atom is -0.276 e. The molecule has 0 fully saturated rings. The van der Waals surface area contributed by atoms with Gasteiger partial charge in [-0.15, -0.1) is 11.3 Å². The normalized spacial score (nSPS) is 11.7. The van der Waals surface area contributed by atoms with Gasteiger partial charge in [-0.2, -0.15) is 0 Å². The van der Waals surface area contributed by atoms with Gasteiger partial charge in [0.25, 0.3) is 0 Å². The highest BCUT2D eigenvalue weighted by atomic mass is 32.1. The topological polar surface area (TPSA) is 30.2 Å². The Balaban J connectivity index is 2.48. The molecule has 0 radical (unpaired) electrons. The van der Waals surface area contributed by atoms with Gasteiger partial charge >= 0.3 is 0 Å². The number of allylic oxidation sites excluding steroid dienone is 1. The van der Waals surface area contributed by atoms with E-state index in [1.165, 1.54) is 0 Å². The van der Waals surface area contributed by atoms with Crippen molar-refractivity contribution in [3.63, 3.8) is 0 Å². The Morgan fingerprint density at radius 3 is 3.12 bits per heavy atom. The Kier molecular flexibility index (Phi) is 3.31. The van der Waals surface area contributed by atoms with Crippen LogP contribution < -0.4 is 4.80 Å². The first-order valence-electron chi connectivity index (χ1n) is 5.11. The summed E-state index contributed by atoms with van der Waals surface area (Å²) in [6, 6.07) is 5.82. The Labute approximate surface area is 98.4 Å². The number of aromatic nitrogens is 2. The van der Waals surface area contributed by atoms with Gasteiger partial charge in [-0.25, -0.2) is 9.98 Å². The Morgan fingerprint density at radius 2 is 2.44 bits per heavy atom. The molecule has 4 heteroatoms. The predicted molar refractivity (Wildman–Crippen MR) is 66.4 cm³/mol. The van der Waals surface area contributed by atoms with Crippen LogP contribution >= 0.6 is 11.3 Å². The highest BCUT2D eigenvalue weighted by molar-refractivity contribution is 7.07. The van der Waals surface area contributed by atoms with Gasteiger partial charge in [-0.3, -0.25) is 4.57 Å². The van der Waals surface area contributed by atoms with E-state index in [-0.39, 0.29) is 0 Å². The molecule has 2 rings (SSSR count). The summed E-state index contributed by atoms with van der Waals surface area (Å²) >= 11 is 1.58. The highest BCUT2D eigenvalue weighted by Crippen LogP contribution is 2.03. The molecule has 0 unspecified atom stereocenters. The summed E-state index contributed by atoms with van der Waals surface area (Å²) in [5.41, 5.74) is 0.882. The molecule has 0 amide bonds. The van der Waals surface area contributed by atoms with Crippen LogP contribution in [-0.4, -0.2) is 9.55 Å². The third-order valence-electron chi connectivity index (χ3n) is 2.15. The van der Waals surface area contributed by atoms with E-state index >= 15 is 0 Å². The van der Waals surface area contributed by atoms with Gasteiger partial charge in [-0.1, -0.05) is 19.6 Å². The van der Waals surface area contributed by atoms with E-state index < -0.39 is 0 Å². The first kappa shape index (κ1) is 10.8. The van der Waals surface area contributed by atoms with Crippen LogP contribution in [0.5, 0.6) is 0 Å². The third-order valence-corrected chi connectivity index (χ3v) is 2.90. The maximum atomic E-state index is 4.46. The highest BCUT2D eigenvalue weighted by Gasteiger charge is 1.99. The molecule has 0 N–H and O–H groups in total. The lowest BCUT2D eigenvalue weighted by Crippen LogP contribution is -2.13. The van der Waals surface area contributed by atoms with Crippen molar-refractivity contribution in [2.24, 2.45) is 4.99 Å². The fraction of sp³-hybridized carbons (Fsp3) is 0.167. The van der Waals surface area contributed by atoms with Crippen molar-refractivity contribution in [1.82, 2.24) is 9.55 Å². The molecule has 2 aromatic rings. The van der Waals surface area contributed by atoms with Gasteiger partial charge in [0.1, 0.15) is 5.82 Å². The van der Waals surface area contributed by atoms with Crippen LogP contribution in [0.4, 0.5) is 0 Å². The van der Waals surface area contributed by atoms with Crippen LogP contribution in [0.3, 0.4) is 0 Å². The van der Waals surface area contributed by atoms with Crippen LogP contribution in [0.25, 0.3) is 5.82 Å². The van der Waals surface area contributed by atoms with Crippen molar-refractivity contribution < 1.29 is 0 Å². The summed E-state index contributed by atoms with van der Waals surface area (Å²) in [6.07, 6.45) is 4.60. The second-order valence-corrected chi connectivity index (χ2v) is 4.15. The van der Waals surface area contributed by atoms with Crippen molar-refractivity contribution in [2.45, 2.75) is 13.3 Å². The lowest BCUT2D eigenvalue weighted by atomic mass is 10.4. The van der Waals surface area contributed by atoms with Crippen molar-refractivity contribution in [1.29, 1.82) is 0 Å². The molecule has 0 bridgehead atoms. The summed E-state index contributed by atoms with van der Waals surface area (Å²) in [6.45, 7) is 5.94. The summed E-state index contributed by atoms with van der Waals surface area (Å²) in [4.78, 5) is 9.66. The van der Waals surface area contributed by atoms with Crippen molar-refractivity contribution in [2.75, 3.05) is 0 Å². The minimum atomic E-state index is 0.861. The van der Waals surface area contributed by atoms with Crippen LogP contribution in [0.2, 0.25) is 0 Å². The molecule has 0 aromatic carbocycles. The summed E-state index contributed by atoms with van der Waals surface area (Å²) in [5.74, 6) is 0.881. The van der Waals surface area contributed by atoms with E-state index in [4.69, 9.17) is 0 Å². The van der Waals surface area contributed by atoms with Gasteiger partial charge in [-0.05, 0) is 18.6 Å². The molecule has 2 heterocycles. The molecular formula is C12H13N3S. The zero-order chi connectivity index (χ0) is 11.4. The summed E-state index contributed by atoms with van der Waals surface area (Å²) in [7, 11) is 0. The summed E-state index contributed by atoms with van der Waals surface area (Å²) < 4.78 is 1.96. The fourth-order valence-corrected chi connectivity index (χ4v) is 1.99. The Morgan fingerprint density at radius 1 is 1.56 bits per heavy atom. The molecule has 0 atom stereocenters. The molecule has 3 nitrogen and oxygen atoms in total. The lowest BCUT2D eigenvalue weighted by Gasteiger charge is -2.00. The van der Waals surface area contributed by atoms with E-state index in [0.717, 1.165) is 22.7 Å². The molecule has 2 aromatic heterocycles. The molecule has 0 saturated heterocycles. The van der Waals surface area contributed by atoms with Crippen LogP contribution in [0.15, 0.2) is 53.2 Å². The second kappa shape index (κ2) is 4.90. The number of pyridine rings is 1. The fourth-order valence-electron chi connectivity index (χ4n) is 1.24. The van der Waals surface area contributed by atoms with E-state index in [2.05, 4.69) is 16.6 Å². The summed E-state index contributed by atoms with van der Waals surface area (Å²) in [5, 5.41) is 2.00. The monoisotopic (exact) mass is 231 g/mol. The zero-order valence-electron chi connectivity index (χ0n) is 9.13. The quantitative estimate of drug-likeness (QED) is 0.799. The molecule has 0 saturated carbocycles. The van der Waals surface area contributed by atoms with Crippen molar-refractivity contribution in [3.05, 3.63) is 53.1 Å². The average Bonchev–Trinajstić information content (AvgIpc) is 2.78. The first-order chi connectivity index (χ1) is 7.81. The molecular weight excluding hydrogens is 218 g/mol. The number of hydrogen-bond donors (Lipinski definition) is 0. The van der Waals surface area contributed by atoms with Crippen molar-refractivity contribution >= 4 is 11.3 Å². The largest absolute Gasteiger partial charge is 0.276 e. The van der Waals surface area contributed by atoms with E-state index in [1.54, 1.807) is 17.5 Å². The molecule has 0 aliphatic rings. The minimum absolute atomic E-state index is 0.861. The number of thiazole rings is 1. The van der Waals surface area contributed by atoms with Gasteiger partial charge in [0.2, 0.25) is 0 Å². The van der Waals surface area contributed by atoms with Crippen LogP contribution in [0.1, 0.15) is 13.3 Å². The van der Waals surface area contributed by atoms with Gasteiger partial charge in [0.05, 0.1) is 0 Å². The number of nitrogens with zero attached hydrogens (tertiary/aromatic N) is 3. The number of rotatable bonds is 3. The van der Waals surface area contributed by atoms with Gasteiger partial charge in [0, 0.05) is 23.5 Å². The van der Waals surface area contributed by atoms with Crippen molar-refractivity contribution in [3.8, 4) is 5.82 Å². The van der Waals surface area contributed by atoms with E-state index in [1.807, 2.05) is 41.3 Å². The van der Waals surface area contributed by atoms with Crippen LogP contribution in [0, 0.1) is 0 Å². The number of hydrogen-bond acceptors (Lipinski definition) is 3. The second-order valence-electron chi connectivity index (χ2n) is 3.28. The average molecular weight is 231 g/mol. The molecule has 0 aliphatic carbocycles. The molecule has 16 heavy (non-hydrogen) atoms. The van der Waals surface area contributed by atoms with Crippen LogP contribution in [-0.2, 0) is 0 Å². The van der Waals surface area contributed by atoms with E-state index in [0.29, 0.717) is 0 Å². The Hall–Kier alpha value is -1.68. The maximum Gasteiger partial charge on any atom is 0.195 e. The SMILES string of the molecule is C=C(CC)/N=c1\sccn1-c1ccccn1. The third kappa shape index (κ3) is 2.28. The predicted octanol–water partition coefficient (Wildman–Crippen LogP) is 2.76. The molecule has 82 valence electrons. The maximum absolute atomic E-state index is 4.46. The van der Waals surface area contributed by atoms with Gasteiger partial charge < -0.3 is 0 Å². The first-order valence-corrected chi connectivity index (χ1v) is 5.99. The van der Waals surface area contributed by atoms with E-state index in [9.17, 15) is 0 Å². The van der Waals surface area contributed by atoms with Gasteiger partial charge in [0.15, 0.2) is 4.80 Å². The standard InChI is InChI=1S/C12H13N3S/c1-3-10(2)14-12-15(8-9-16-12)11-6-4-5-7-13-11/h4-9H,2-3H2,1H3/b14-12-.